The van der Waals surface area contributed by atoms with Crippen LogP contribution in [0.5, 0.6) is 0 Å². The molecule has 1 fully saturated rings. The molecule has 2 amide bonds. The van der Waals surface area contributed by atoms with Crippen LogP contribution in [-0.4, -0.2) is 59.0 Å². The number of aliphatic imine (C=N–C) groups is 1. The molecule has 0 aliphatic carbocycles. The van der Waals surface area contributed by atoms with E-state index in [0.29, 0.717) is 25.3 Å². The summed E-state index contributed by atoms with van der Waals surface area (Å²) in [6.07, 6.45) is 4.64. The van der Waals surface area contributed by atoms with E-state index in [2.05, 4.69) is 15.2 Å². The Bertz CT molecular complexity index is 744. The predicted molar refractivity (Wildman–Crippen MR) is 99.7 cm³/mol. The molecule has 1 aromatic heterocycles. The average Bonchev–Trinajstić information content (AvgIpc) is 3.32. The number of amidine groups is 1. The summed E-state index contributed by atoms with van der Waals surface area (Å²) in [6, 6.07) is 3.37. The van der Waals surface area contributed by atoms with E-state index >= 15 is 0 Å². The van der Waals surface area contributed by atoms with Crippen LogP contribution in [0, 0.1) is 0 Å². The Morgan fingerprint density at radius 3 is 3.12 bits per heavy atom. The van der Waals surface area contributed by atoms with Gasteiger partial charge < -0.3 is 19.5 Å². The molecule has 0 radical (unpaired) electrons. The highest BCUT2D eigenvalue weighted by Crippen LogP contribution is 2.30. The number of hydrogen-bond acceptors (Lipinski definition) is 6. The van der Waals surface area contributed by atoms with Crippen molar-refractivity contribution in [1.29, 1.82) is 0 Å². The quantitative estimate of drug-likeness (QED) is 0.873. The van der Waals surface area contributed by atoms with E-state index in [1.807, 2.05) is 5.41 Å². The molecule has 7 nitrogen and oxygen atoms in total. The number of piperidine rings is 1. The van der Waals surface area contributed by atoms with Crippen LogP contribution in [0.4, 0.5) is 0 Å². The van der Waals surface area contributed by atoms with Gasteiger partial charge in [-0.25, -0.2) is 0 Å². The fourth-order valence-corrected chi connectivity index (χ4v) is 4.51. The first-order valence-electron chi connectivity index (χ1n) is 9.00. The third-order valence-electron chi connectivity index (χ3n) is 4.81. The van der Waals surface area contributed by atoms with Crippen LogP contribution in [0.2, 0.25) is 0 Å². The Kier molecular flexibility index (Phi) is 5.01. The number of fused-ring (bicyclic) bond motifs is 1. The lowest BCUT2D eigenvalue weighted by molar-refractivity contribution is -0.121. The van der Waals surface area contributed by atoms with Crippen LogP contribution in [0.1, 0.15) is 36.2 Å². The Balaban J connectivity index is 1.31. The van der Waals surface area contributed by atoms with Crippen LogP contribution < -0.4 is 5.32 Å². The number of nitrogens with zero attached hydrogens (tertiary/aromatic N) is 3. The molecule has 1 N–H and O–H groups in total. The number of furan rings is 1. The van der Waals surface area contributed by atoms with Gasteiger partial charge in [-0.1, -0.05) is 11.8 Å². The van der Waals surface area contributed by atoms with Gasteiger partial charge in [0.05, 0.1) is 12.7 Å². The van der Waals surface area contributed by atoms with Crippen molar-refractivity contribution in [2.45, 2.75) is 31.7 Å². The first kappa shape index (κ1) is 17.2. The molecule has 0 aromatic carbocycles. The average molecular weight is 374 g/mol. The lowest BCUT2D eigenvalue weighted by atomic mass is 10.0. The van der Waals surface area contributed by atoms with Gasteiger partial charge in [-0.3, -0.25) is 14.6 Å². The number of nitrogens with one attached hydrogen (secondary N) is 1. The molecule has 3 aliphatic heterocycles. The van der Waals surface area contributed by atoms with Crippen LogP contribution in [0.15, 0.2) is 38.9 Å². The summed E-state index contributed by atoms with van der Waals surface area (Å²) in [4.78, 5) is 33.3. The lowest BCUT2D eigenvalue weighted by Gasteiger charge is -2.33. The summed E-state index contributed by atoms with van der Waals surface area (Å²) in [5, 5.41) is 6.12. The third kappa shape index (κ3) is 3.65. The second-order valence-electron chi connectivity index (χ2n) is 6.71. The highest BCUT2D eigenvalue weighted by molar-refractivity contribution is 8.16. The first-order chi connectivity index (χ1) is 12.7. The molecule has 8 heteroatoms. The third-order valence-corrected chi connectivity index (χ3v) is 5.76. The van der Waals surface area contributed by atoms with E-state index in [9.17, 15) is 9.59 Å². The van der Waals surface area contributed by atoms with Crippen molar-refractivity contribution >= 4 is 28.7 Å². The smallest absolute Gasteiger partial charge is 0.289 e. The predicted octanol–water partition coefficient (Wildman–Crippen LogP) is 2.04. The van der Waals surface area contributed by atoms with Crippen molar-refractivity contribution in [2.75, 3.05) is 26.2 Å². The van der Waals surface area contributed by atoms with Gasteiger partial charge in [0.1, 0.15) is 0 Å². The van der Waals surface area contributed by atoms with Gasteiger partial charge in [0.2, 0.25) is 5.91 Å². The highest BCUT2D eigenvalue weighted by atomic mass is 32.2. The highest BCUT2D eigenvalue weighted by Gasteiger charge is 2.29. The number of carbonyl (C=O) groups excluding carboxylic acids is 2. The normalized spacial score (nSPS) is 22.5. The fraction of sp³-hybridized carbons (Fsp3) is 0.500. The largest absolute Gasteiger partial charge is 0.459 e. The Morgan fingerprint density at radius 2 is 2.27 bits per heavy atom. The van der Waals surface area contributed by atoms with Gasteiger partial charge in [-0.05, 0) is 36.8 Å². The zero-order valence-electron chi connectivity index (χ0n) is 14.5. The molecule has 26 heavy (non-hydrogen) atoms. The Labute approximate surface area is 156 Å². The zero-order valence-corrected chi connectivity index (χ0v) is 15.3. The molecular weight excluding hydrogens is 352 g/mol. The number of hydrogen-bond donors (Lipinski definition) is 1. The van der Waals surface area contributed by atoms with E-state index in [0.717, 1.165) is 43.2 Å². The van der Waals surface area contributed by atoms with Crippen molar-refractivity contribution in [2.24, 2.45) is 4.99 Å². The van der Waals surface area contributed by atoms with E-state index in [1.54, 1.807) is 28.8 Å². The maximum atomic E-state index is 12.5. The number of amides is 2. The lowest BCUT2D eigenvalue weighted by Crippen LogP contribution is -2.49. The van der Waals surface area contributed by atoms with Crippen LogP contribution >= 0.6 is 11.8 Å². The number of carbonyl (C=O) groups is 2. The summed E-state index contributed by atoms with van der Waals surface area (Å²) in [5.74, 6) is 0.237. The number of likely N-dealkylation sites (tertiary alicyclic amines) is 1. The molecule has 1 unspecified atom stereocenters. The van der Waals surface area contributed by atoms with Gasteiger partial charge in [0.25, 0.3) is 5.91 Å². The number of thioether (sulfide) groups is 1. The first-order valence-corrected chi connectivity index (χ1v) is 9.88. The van der Waals surface area contributed by atoms with Gasteiger partial charge in [-0.2, -0.15) is 0 Å². The maximum Gasteiger partial charge on any atom is 0.289 e. The van der Waals surface area contributed by atoms with E-state index in [4.69, 9.17) is 4.42 Å². The molecule has 138 valence electrons. The van der Waals surface area contributed by atoms with Gasteiger partial charge >= 0.3 is 0 Å². The monoisotopic (exact) mass is 374 g/mol. The molecule has 1 atom stereocenters. The summed E-state index contributed by atoms with van der Waals surface area (Å²) in [6.45, 7) is 3.02. The molecule has 3 aliphatic rings. The molecule has 4 rings (SSSR count). The Morgan fingerprint density at radius 1 is 1.35 bits per heavy atom. The van der Waals surface area contributed by atoms with Crippen LogP contribution in [0.25, 0.3) is 0 Å². The van der Waals surface area contributed by atoms with Gasteiger partial charge in [-0.15, -0.1) is 0 Å². The van der Waals surface area contributed by atoms with Crippen molar-refractivity contribution in [1.82, 2.24) is 15.1 Å². The molecule has 1 aromatic rings. The molecule has 4 heterocycles. The molecule has 0 saturated carbocycles. The minimum atomic E-state index is -0.113. The van der Waals surface area contributed by atoms with Crippen LogP contribution in [-0.2, 0) is 4.79 Å². The summed E-state index contributed by atoms with van der Waals surface area (Å²) in [5.41, 5.74) is 1.02. The van der Waals surface area contributed by atoms with Gasteiger partial charge in [0.15, 0.2) is 10.9 Å². The molecule has 0 spiro atoms. The van der Waals surface area contributed by atoms with E-state index < -0.39 is 0 Å². The summed E-state index contributed by atoms with van der Waals surface area (Å²) < 4.78 is 5.20. The topological polar surface area (TPSA) is 78.2 Å². The molecule has 1 saturated heterocycles. The standard InChI is InChI=1S/C18H22N4O3S/c23-16(10-14-12-26-18-19-6-3-8-22(14)18)20-13-4-1-7-21(11-13)17(24)15-5-2-9-25-15/h2,5,9,12-13H,1,3-4,6-8,10-11H2,(H,20,23). The van der Waals surface area contributed by atoms with Crippen molar-refractivity contribution < 1.29 is 14.0 Å². The minimum Gasteiger partial charge on any atom is -0.459 e. The van der Waals surface area contributed by atoms with E-state index in [1.165, 1.54) is 6.26 Å². The summed E-state index contributed by atoms with van der Waals surface area (Å²) in [7, 11) is 0. The van der Waals surface area contributed by atoms with Crippen molar-refractivity contribution in [3.63, 3.8) is 0 Å². The van der Waals surface area contributed by atoms with Crippen molar-refractivity contribution in [3.05, 3.63) is 35.3 Å². The minimum absolute atomic E-state index is 0.000899. The second kappa shape index (κ2) is 7.57. The zero-order chi connectivity index (χ0) is 17.9. The van der Waals surface area contributed by atoms with Crippen LogP contribution in [0.3, 0.4) is 0 Å². The Hall–Kier alpha value is -2.22. The van der Waals surface area contributed by atoms with Gasteiger partial charge in [0, 0.05) is 37.9 Å². The van der Waals surface area contributed by atoms with E-state index in [-0.39, 0.29) is 17.9 Å². The fourth-order valence-electron chi connectivity index (χ4n) is 3.55. The summed E-state index contributed by atoms with van der Waals surface area (Å²) >= 11 is 1.60. The molecule has 0 bridgehead atoms. The second-order valence-corrected chi connectivity index (χ2v) is 7.54. The molecular formula is C18H22N4O3S. The van der Waals surface area contributed by atoms with Crippen molar-refractivity contribution in [3.8, 4) is 0 Å². The SMILES string of the molecule is O=C(CC1=CSC2=NCCCN12)NC1CCCN(C(=O)c2ccco2)C1. The number of rotatable bonds is 4. The maximum absolute atomic E-state index is 12.5.